The summed E-state index contributed by atoms with van der Waals surface area (Å²) in [5, 5.41) is 2.92. The van der Waals surface area contributed by atoms with Crippen LogP contribution in [0.25, 0.3) is 11.2 Å². The van der Waals surface area contributed by atoms with Crippen LogP contribution < -0.4 is 26.2 Å². The Morgan fingerprint density at radius 1 is 1.17 bits per heavy atom. The Hall–Kier alpha value is -4.53. The normalized spacial score (nSPS) is 15.3. The van der Waals surface area contributed by atoms with Crippen LogP contribution in [0.2, 0.25) is 0 Å². The molecule has 1 fully saturated rings. The lowest BCUT2D eigenvalue weighted by Gasteiger charge is -2.34. The summed E-state index contributed by atoms with van der Waals surface area (Å²) in [5.74, 6) is 6.21. The van der Waals surface area contributed by atoms with Gasteiger partial charge in [0.1, 0.15) is 11.4 Å². The first-order valence-electron chi connectivity index (χ1n) is 13.5. The van der Waals surface area contributed by atoms with E-state index in [-0.39, 0.29) is 29.3 Å². The number of ether oxygens (including phenoxy) is 2. The van der Waals surface area contributed by atoms with E-state index in [2.05, 4.69) is 17.2 Å². The molecule has 12 heteroatoms. The predicted octanol–water partition coefficient (Wildman–Crippen LogP) is 2.30. The fraction of sp³-hybridized carbons (Fsp3) is 0.483. The fourth-order valence-corrected chi connectivity index (χ4v) is 4.90. The van der Waals surface area contributed by atoms with Gasteiger partial charge in [0.25, 0.3) is 5.56 Å². The van der Waals surface area contributed by atoms with Crippen molar-refractivity contribution in [2.45, 2.75) is 65.3 Å². The van der Waals surface area contributed by atoms with Crippen molar-refractivity contribution in [3.05, 3.63) is 50.7 Å². The summed E-state index contributed by atoms with van der Waals surface area (Å²) in [5.41, 5.74) is -1.29. The molecular formula is C29H36N6O6. The number of carbonyl (C=O) groups excluding carboxylic acids is 2. The molecule has 1 amide bonds. The molecule has 1 atom stereocenters. The monoisotopic (exact) mass is 564 g/mol. The highest BCUT2D eigenvalue weighted by Gasteiger charge is 2.29. The van der Waals surface area contributed by atoms with Gasteiger partial charge in [0.15, 0.2) is 16.9 Å². The van der Waals surface area contributed by atoms with Crippen molar-refractivity contribution in [1.82, 2.24) is 24.0 Å². The topological polar surface area (TPSA) is 130 Å². The summed E-state index contributed by atoms with van der Waals surface area (Å²) in [6.45, 7) is 7.85. The minimum absolute atomic E-state index is 0.150. The molecule has 1 aromatic carbocycles. The number of para-hydroxylation sites is 1. The zero-order valence-corrected chi connectivity index (χ0v) is 24.3. The van der Waals surface area contributed by atoms with Crippen LogP contribution >= 0.6 is 0 Å². The average molecular weight is 565 g/mol. The number of Topliss-reactive ketones (excluding diaryl/α,β-unsaturated/α-hetero) is 1. The van der Waals surface area contributed by atoms with Gasteiger partial charge in [0.2, 0.25) is 5.95 Å². The lowest BCUT2D eigenvalue weighted by molar-refractivity contribution is 0.0499. The maximum Gasteiger partial charge on any atom is 0.407 e. The summed E-state index contributed by atoms with van der Waals surface area (Å²) in [6, 6.07) is 6.45. The molecule has 0 saturated carbocycles. The molecule has 3 aromatic rings. The minimum atomic E-state index is -0.661. The number of rotatable bonds is 7. The fourth-order valence-electron chi connectivity index (χ4n) is 4.90. The highest BCUT2D eigenvalue weighted by atomic mass is 16.6. The zero-order valence-electron chi connectivity index (χ0n) is 24.3. The Labute approximate surface area is 237 Å². The Morgan fingerprint density at radius 2 is 1.90 bits per heavy atom. The highest BCUT2D eigenvalue weighted by Crippen LogP contribution is 2.24. The molecule has 2 aromatic heterocycles. The highest BCUT2D eigenvalue weighted by molar-refractivity contribution is 5.98. The van der Waals surface area contributed by atoms with Gasteiger partial charge in [-0.2, -0.15) is 4.98 Å². The number of aryl methyl sites for hydroxylation is 1. The molecule has 1 aliphatic heterocycles. The Bertz CT molecular complexity index is 1650. The number of carbonyl (C=O) groups is 2. The summed E-state index contributed by atoms with van der Waals surface area (Å²) in [6.07, 6.45) is 1.01. The Kier molecular flexibility index (Phi) is 8.56. The number of ketones is 1. The number of aromatic nitrogens is 4. The number of nitrogens with one attached hydrogen (secondary N) is 1. The summed E-state index contributed by atoms with van der Waals surface area (Å²) in [7, 11) is 2.97. The first-order chi connectivity index (χ1) is 19.4. The molecule has 0 aliphatic carbocycles. The summed E-state index contributed by atoms with van der Waals surface area (Å²) >= 11 is 0. The van der Waals surface area contributed by atoms with E-state index in [1.165, 1.54) is 18.7 Å². The first-order valence-corrected chi connectivity index (χ1v) is 13.5. The SMILES string of the molecule is CC#CCn1c(N2CCCC(NC(=O)OC(C)(C)C)C2)nc2c1c(=O)n(CC(=O)c1ccccc1OC)c(=O)n2C. The lowest BCUT2D eigenvalue weighted by atomic mass is 10.1. The lowest BCUT2D eigenvalue weighted by Crippen LogP contribution is -2.49. The van der Waals surface area contributed by atoms with E-state index in [1.807, 2.05) is 4.90 Å². The molecule has 1 saturated heterocycles. The number of alkyl carbamates (subject to hydrolysis) is 1. The largest absolute Gasteiger partial charge is 0.496 e. The second-order valence-electron chi connectivity index (χ2n) is 10.9. The van der Waals surface area contributed by atoms with Crippen molar-refractivity contribution in [2.75, 3.05) is 25.1 Å². The van der Waals surface area contributed by atoms with E-state index in [9.17, 15) is 19.2 Å². The van der Waals surface area contributed by atoms with Gasteiger partial charge in [0, 0.05) is 26.2 Å². The van der Waals surface area contributed by atoms with Crippen LogP contribution in [-0.2, 0) is 24.9 Å². The van der Waals surface area contributed by atoms with Gasteiger partial charge in [-0.1, -0.05) is 18.1 Å². The van der Waals surface area contributed by atoms with E-state index in [1.54, 1.807) is 56.5 Å². The zero-order chi connectivity index (χ0) is 29.9. The van der Waals surface area contributed by atoms with Crippen LogP contribution in [-0.4, -0.2) is 62.4 Å². The Balaban J connectivity index is 1.75. The number of imidazole rings is 1. The third kappa shape index (κ3) is 6.29. The van der Waals surface area contributed by atoms with Crippen LogP contribution in [0.3, 0.4) is 0 Å². The van der Waals surface area contributed by atoms with Crippen LogP contribution in [0.15, 0.2) is 33.9 Å². The van der Waals surface area contributed by atoms with Crippen molar-refractivity contribution in [3.63, 3.8) is 0 Å². The molecule has 41 heavy (non-hydrogen) atoms. The van der Waals surface area contributed by atoms with Crippen molar-refractivity contribution in [2.24, 2.45) is 7.05 Å². The molecular weight excluding hydrogens is 528 g/mol. The van der Waals surface area contributed by atoms with Crippen LogP contribution in [0.1, 0.15) is 50.9 Å². The predicted molar refractivity (Wildman–Crippen MR) is 155 cm³/mol. The molecule has 218 valence electrons. The van der Waals surface area contributed by atoms with Gasteiger partial charge < -0.3 is 19.7 Å². The average Bonchev–Trinajstić information content (AvgIpc) is 3.31. The van der Waals surface area contributed by atoms with Gasteiger partial charge in [0.05, 0.1) is 25.8 Å². The molecule has 12 nitrogen and oxygen atoms in total. The standard InChI is InChI=1S/C29H36N6O6/c1-7-8-16-34-23-24(31-26(34)33-15-11-12-19(17-33)30-27(38)41-29(2,3)4)32(5)28(39)35(25(23)37)18-21(36)20-13-9-10-14-22(20)40-6/h9-10,13-14,19H,11-12,15-18H2,1-6H3,(H,30,38). The molecule has 0 bridgehead atoms. The van der Waals surface area contributed by atoms with Gasteiger partial charge >= 0.3 is 11.8 Å². The van der Waals surface area contributed by atoms with E-state index in [4.69, 9.17) is 14.5 Å². The van der Waals surface area contributed by atoms with Crippen LogP contribution in [0.5, 0.6) is 5.75 Å². The number of benzene rings is 1. The molecule has 4 rings (SSSR count). The number of fused-ring (bicyclic) bond motifs is 1. The van der Waals surface area contributed by atoms with E-state index in [0.717, 1.165) is 17.4 Å². The van der Waals surface area contributed by atoms with E-state index in [0.29, 0.717) is 24.8 Å². The van der Waals surface area contributed by atoms with Crippen molar-refractivity contribution >= 4 is 29.0 Å². The first kappa shape index (κ1) is 29.5. The van der Waals surface area contributed by atoms with Crippen LogP contribution in [0.4, 0.5) is 10.7 Å². The second-order valence-corrected chi connectivity index (χ2v) is 10.9. The third-order valence-electron chi connectivity index (χ3n) is 6.76. The minimum Gasteiger partial charge on any atom is -0.496 e. The quantitative estimate of drug-likeness (QED) is 0.342. The van der Waals surface area contributed by atoms with Gasteiger partial charge in [-0.3, -0.25) is 23.3 Å². The molecule has 0 spiro atoms. The number of hydrogen-bond acceptors (Lipinski definition) is 8. The third-order valence-corrected chi connectivity index (χ3v) is 6.76. The number of nitrogens with zero attached hydrogens (tertiary/aromatic N) is 5. The van der Waals surface area contributed by atoms with E-state index < -0.39 is 35.3 Å². The molecule has 3 heterocycles. The van der Waals surface area contributed by atoms with Gasteiger partial charge in [-0.25, -0.2) is 9.59 Å². The molecule has 1 N–H and O–H groups in total. The maximum atomic E-state index is 13.8. The van der Waals surface area contributed by atoms with Crippen molar-refractivity contribution in [1.29, 1.82) is 0 Å². The summed E-state index contributed by atoms with van der Waals surface area (Å²) < 4.78 is 14.6. The van der Waals surface area contributed by atoms with Crippen molar-refractivity contribution in [3.8, 4) is 17.6 Å². The second kappa shape index (κ2) is 11.9. The Morgan fingerprint density at radius 3 is 2.59 bits per heavy atom. The molecule has 0 radical (unpaired) electrons. The van der Waals surface area contributed by atoms with Crippen molar-refractivity contribution < 1.29 is 19.1 Å². The number of hydrogen-bond donors (Lipinski definition) is 1. The van der Waals surface area contributed by atoms with E-state index >= 15 is 0 Å². The number of anilines is 1. The number of amides is 1. The van der Waals surface area contributed by atoms with Crippen LogP contribution in [0, 0.1) is 11.8 Å². The van der Waals surface area contributed by atoms with Gasteiger partial charge in [-0.15, -0.1) is 5.92 Å². The number of methoxy groups -OCH3 is 1. The smallest absolute Gasteiger partial charge is 0.407 e. The maximum absolute atomic E-state index is 13.8. The number of piperidine rings is 1. The molecule has 1 aliphatic rings. The summed E-state index contributed by atoms with van der Waals surface area (Å²) in [4.78, 5) is 59.4. The molecule has 1 unspecified atom stereocenters. The van der Waals surface area contributed by atoms with Gasteiger partial charge in [-0.05, 0) is 52.7 Å².